The van der Waals surface area contributed by atoms with Crippen LogP contribution in [0.25, 0.3) is 0 Å². The normalized spacial score (nSPS) is 20.8. The van der Waals surface area contributed by atoms with Crippen LogP contribution in [0.2, 0.25) is 0 Å². The van der Waals surface area contributed by atoms with E-state index in [1.54, 1.807) is 7.11 Å². The van der Waals surface area contributed by atoms with Crippen LogP contribution in [0, 0.1) is 5.92 Å². The summed E-state index contributed by atoms with van der Waals surface area (Å²) in [7, 11) is 1.73. The van der Waals surface area contributed by atoms with Crippen LogP contribution in [0.3, 0.4) is 0 Å². The van der Waals surface area contributed by atoms with E-state index in [4.69, 9.17) is 16.3 Å². The average Bonchev–Trinajstić information content (AvgIpc) is 3.26. The molecule has 186 valence electrons. The highest BCUT2D eigenvalue weighted by atomic mass is 35.5. The van der Waals surface area contributed by atoms with Crippen LogP contribution in [0.5, 0.6) is 5.75 Å². The Kier molecular flexibility index (Phi) is 9.22. The van der Waals surface area contributed by atoms with Crippen molar-refractivity contribution in [2.24, 2.45) is 5.92 Å². The molecule has 0 amide bonds. The molecule has 3 aromatic carbocycles. The van der Waals surface area contributed by atoms with E-state index in [0.29, 0.717) is 12.5 Å². The van der Waals surface area contributed by atoms with Gasteiger partial charge < -0.3 is 20.5 Å². The van der Waals surface area contributed by atoms with Gasteiger partial charge in [0, 0.05) is 42.1 Å². The van der Waals surface area contributed by atoms with Gasteiger partial charge in [-0.3, -0.25) is 0 Å². The minimum Gasteiger partial charge on any atom is -0.496 e. The number of alkyl halides is 1. The standard InChI is InChI=1S/C30H37ClN2O2/c1-21(31)18-24-14-9-15-26(30(24)35-2)20-32-28-25(16-17-34)19-33-29(28)27(22-10-5-3-6-11-22)23-12-7-4-8-13-23/h3-15,21,25,27-29,32-34H,16-20H2,1-2H3. The lowest BCUT2D eigenvalue weighted by molar-refractivity contribution is 0.241. The highest BCUT2D eigenvalue weighted by Crippen LogP contribution is 2.35. The van der Waals surface area contributed by atoms with E-state index in [-0.39, 0.29) is 30.0 Å². The maximum Gasteiger partial charge on any atom is 0.126 e. The second-order valence-electron chi connectivity index (χ2n) is 9.51. The number of aliphatic hydroxyl groups is 1. The monoisotopic (exact) mass is 492 g/mol. The molecule has 5 heteroatoms. The van der Waals surface area contributed by atoms with Gasteiger partial charge in [0.2, 0.25) is 0 Å². The van der Waals surface area contributed by atoms with Gasteiger partial charge in [-0.1, -0.05) is 78.9 Å². The quantitative estimate of drug-likeness (QED) is 0.325. The topological polar surface area (TPSA) is 53.5 Å². The van der Waals surface area contributed by atoms with Crippen molar-refractivity contribution in [3.8, 4) is 5.75 Å². The van der Waals surface area contributed by atoms with Crippen LogP contribution in [0.1, 0.15) is 41.5 Å². The van der Waals surface area contributed by atoms with Crippen LogP contribution in [-0.4, -0.2) is 42.8 Å². The Bertz CT molecular complexity index is 1010. The molecule has 1 aliphatic heterocycles. The lowest BCUT2D eigenvalue weighted by atomic mass is 9.80. The first-order chi connectivity index (χ1) is 17.1. The SMILES string of the molecule is COc1c(CNC2C(CCO)CNC2C(c2ccccc2)c2ccccc2)cccc1CC(C)Cl. The number of hydrogen-bond acceptors (Lipinski definition) is 4. The van der Waals surface area contributed by atoms with Crippen LogP contribution in [0.15, 0.2) is 78.9 Å². The summed E-state index contributed by atoms with van der Waals surface area (Å²) in [6.45, 7) is 3.76. The van der Waals surface area contributed by atoms with Gasteiger partial charge in [-0.15, -0.1) is 11.6 Å². The first kappa shape index (κ1) is 25.7. The molecule has 4 unspecified atom stereocenters. The van der Waals surface area contributed by atoms with Gasteiger partial charge in [0.1, 0.15) is 5.75 Å². The van der Waals surface area contributed by atoms with Crippen molar-refractivity contribution in [3.05, 3.63) is 101 Å². The van der Waals surface area contributed by atoms with E-state index in [9.17, 15) is 5.11 Å². The van der Waals surface area contributed by atoms with E-state index in [0.717, 1.165) is 36.3 Å². The van der Waals surface area contributed by atoms with Crippen LogP contribution < -0.4 is 15.4 Å². The van der Waals surface area contributed by atoms with Gasteiger partial charge in [-0.25, -0.2) is 0 Å². The summed E-state index contributed by atoms with van der Waals surface area (Å²) in [6.07, 6.45) is 1.53. The Morgan fingerprint density at radius 2 is 1.60 bits per heavy atom. The van der Waals surface area contributed by atoms with Crippen molar-refractivity contribution in [1.29, 1.82) is 0 Å². The molecule has 4 atom stereocenters. The number of benzene rings is 3. The summed E-state index contributed by atoms with van der Waals surface area (Å²) >= 11 is 6.30. The summed E-state index contributed by atoms with van der Waals surface area (Å²) in [4.78, 5) is 0. The van der Waals surface area contributed by atoms with Crippen molar-refractivity contribution >= 4 is 11.6 Å². The summed E-state index contributed by atoms with van der Waals surface area (Å²) in [5.74, 6) is 1.44. The van der Waals surface area contributed by atoms with Gasteiger partial charge >= 0.3 is 0 Å². The van der Waals surface area contributed by atoms with E-state index in [2.05, 4.69) is 89.5 Å². The first-order valence-corrected chi connectivity index (χ1v) is 13.0. The molecule has 35 heavy (non-hydrogen) atoms. The molecule has 0 bridgehead atoms. The molecule has 1 fully saturated rings. The third-order valence-corrected chi connectivity index (χ3v) is 7.25. The van der Waals surface area contributed by atoms with Crippen molar-refractivity contribution in [2.45, 2.75) is 49.7 Å². The molecule has 0 radical (unpaired) electrons. The molecule has 0 aromatic heterocycles. The number of nitrogens with one attached hydrogen (secondary N) is 2. The largest absolute Gasteiger partial charge is 0.496 e. The minimum atomic E-state index is 0.0435. The number of halogens is 1. The van der Waals surface area contributed by atoms with E-state index >= 15 is 0 Å². The van der Waals surface area contributed by atoms with Crippen LogP contribution >= 0.6 is 11.6 Å². The summed E-state index contributed by atoms with van der Waals surface area (Å²) < 4.78 is 5.83. The number of hydrogen-bond donors (Lipinski definition) is 3. The van der Waals surface area contributed by atoms with Gasteiger partial charge in [-0.05, 0) is 48.9 Å². The van der Waals surface area contributed by atoms with E-state index in [1.807, 2.05) is 6.92 Å². The fraction of sp³-hybridized carbons (Fsp3) is 0.400. The number of aliphatic hydroxyl groups excluding tert-OH is 1. The van der Waals surface area contributed by atoms with Gasteiger partial charge in [0.25, 0.3) is 0 Å². The zero-order chi connectivity index (χ0) is 24.6. The lowest BCUT2D eigenvalue weighted by Gasteiger charge is -2.32. The highest BCUT2D eigenvalue weighted by molar-refractivity contribution is 6.20. The van der Waals surface area contributed by atoms with E-state index < -0.39 is 0 Å². The second-order valence-corrected chi connectivity index (χ2v) is 10.3. The maximum absolute atomic E-state index is 9.80. The van der Waals surface area contributed by atoms with Crippen molar-refractivity contribution in [2.75, 3.05) is 20.3 Å². The lowest BCUT2D eigenvalue weighted by Crippen LogP contribution is -2.46. The zero-order valence-electron chi connectivity index (χ0n) is 20.7. The Balaban J connectivity index is 1.64. The summed E-state index contributed by atoms with van der Waals surface area (Å²) in [6, 6.07) is 28.1. The molecule has 3 aromatic rings. The Labute approximate surface area is 214 Å². The van der Waals surface area contributed by atoms with Crippen molar-refractivity contribution < 1.29 is 9.84 Å². The zero-order valence-corrected chi connectivity index (χ0v) is 21.4. The Morgan fingerprint density at radius 1 is 0.971 bits per heavy atom. The third-order valence-electron chi connectivity index (χ3n) is 7.10. The first-order valence-electron chi connectivity index (χ1n) is 12.6. The summed E-state index contributed by atoms with van der Waals surface area (Å²) in [5, 5.41) is 17.5. The molecule has 1 saturated heterocycles. The molecule has 3 N–H and O–H groups in total. The van der Waals surface area contributed by atoms with Gasteiger partial charge in [0.05, 0.1) is 7.11 Å². The number of para-hydroxylation sites is 1. The molecule has 4 rings (SSSR count). The summed E-state index contributed by atoms with van der Waals surface area (Å²) in [5.41, 5.74) is 4.85. The highest BCUT2D eigenvalue weighted by Gasteiger charge is 2.40. The van der Waals surface area contributed by atoms with Crippen molar-refractivity contribution in [3.63, 3.8) is 0 Å². The number of ether oxygens (including phenoxy) is 1. The van der Waals surface area contributed by atoms with Gasteiger partial charge in [-0.2, -0.15) is 0 Å². The van der Waals surface area contributed by atoms with Crippen molar-refractivity contribution in [1.82, 2.24) is 10.6 Å². The molecule has 1 heterocycles. The predicted molar refractivity (Wildman–Crippen MR) is 144 cm³/mol. The second kappa shape index (κ2) is 12.5. The number of methoxy groups -OCH3 is 1. The average molecular weight is 493 g/mol. The molecule has 0 saturated carbocycles. The maximum atomic E-state index is 9.80. The molecule has 4 nitrogen and oxygen atoms in total. The predicted octanol–water partition coefficient (Wildman–Crippen LogP) is 5.13. The van der Waals surface area contributed by atoms with E-state index in [1.165, 1.54) is 11.1 Å². The third kappa shape index (κ3) is 6.25. The molecule has 0 aliphatic carbocycles. The van der Waals surface area contributed by atoms with Crippen LogP contribution in [-0.2, 0) is 13.0 Å². The minimum absolute atomic E-state index is 0.0435. The molecular formula is C30H37ClN2O2. The van der Waals surface area contributed by atoms with Crippen LogP contribution in [0.4, 0.5) is 0 Å². The fourth-order valence-electron chi connectivity index (χ4n) is 5.56. The number of rotatable bonds is 11. The fourth-order valence-corrected chi connectivity index (χ4v) is 5.73. The Hall–Kier alpha value is -2.37. The smallest absolute Gasteiger partial charge is 0.126 e. The van der Waals surface area contributed by atoms with Gasteiger partial charge in [0.15, 0.2) is 0 Å². The Morgan fingerprint density at radius 3 is 2.17 bits per heavy atom. The molecular weight excluding hydrogens is 456 g/mol. The molecule has 1 aliphatic rings. The molecule has 0 spiro atoms.